The van der Waals surface area contributed by atoms with E-state index in [0.29, 0.717) is 59.8 Å². The summed E-state index contributed by atoms with van der Waals surface area (Å²) in [5.74, 6) is -2.04. The zero-order chi connectivity index (χ0) is 38.9. The number of carbonyl (C=O) groups excluding carboxylic acids is 5. The average molecular weight is 775 g/mol. The lowest BCUT2D eigenvalue weighted by atomic mass is 9.76. The van der Waals surface area contributed by atoms with Crippen LogP contribution in [0.2, 0.25) is 5.02 Å². The highest BCUT2D eigenvalue weighted by molar-refractivity contribution is 6.33. The Balaban J connectivity index is 0.766. The van der Waals surface area contributed by atoms with Gasteiger partial charge in [0, 0.05) is 75.0 Å². The lowest BCUT2D eigenvalue weighted by Crippen LogP contribution is -2.54. The minimum Gasteiger partial charge on any atom is -0.370 e. The van der Waals surface area contributed by atoms with Gasteiger partial charge in [-0.1, -0.05) is 17.7 Å². The third-order valence-corrected chi connectivity index (χ3v) is 13.4. The van der Waals surface area contributed by atoms with Crippen molar-refractivity contribution in [1.82, 2.24) is 25.0 Å². The van der Waals surface area contributed by atoms with E-state index in [1.165, 1.54) is 0 Å². The second kappa shape index (κ2) is 14.0. The van der Waals surface area contributed by atoms with Crippen molar-refractivity contribution >= 4 is 58.2 Å². The van der Waals surface area contributed by atoms with Gasteiger partial charge in [0.1, 0.15) is 11.7 Å². The van der Waals surface area contributed by atoms with Gasteiger partial charge in [0.25, 0.3) is 17.7 Å². The zero-order valence-corrected chi connectivity index (χ0v) is 32.1. The highest BCUT2D eigenvalue weighted by atomic mass is 35.5. The van der Waals surface area contributed by atoms with Crippen LogP contribution in [0.4, 0.5) is 17.1 Å². The molecule has 1 unspecified atom stereocenters. The molecule has 2 aromatic carbocycles. The summed E-state index contributed by atoms with van der Waals surface area (Å²) >= 11 is 6.38. The topological polar surface area (TPSA) is 131 Å². The second-order valence-corrected chi connectivity index (χ2v) is 16.8. The van der Waals surface area contributed by atoms with Gasteiger partial charge in [0.2, 0.25) is 17.5 Å². The second-order valence-electron chi connectivity index (χ2n) is 16.4. The molecular weight excluding hydrogens is 732 g/mol. The maximum atomic E-state index is 13.6. The van der Waals surface area contributed by atoms with Crippen molar-refractivity contribution in [2.45, 2.75) is 83.1 Å². The molecule has 0 saturated carbocycles. The summed E-state index contributed by atoms with van der Waals surface area (Å²) in [5.41, 5.74) is 5.89. The Morgan fingerprint density at radius 2 is 1.59 bits per heavy atom. The molecule has 6 aliphatic rings. The van der Waals surface area contributed by atoms with Crippen LogP contribution in [0.15, 0.2) is 48.7 Å². The van der Waals surface area contributed by atoms with Gasteiger partial charge in [-0.25, -0.2) is 9.83 Å². The van der Waals surface area contributed by atoms with Gasteiger partial charge < -0.3 is 14.7 Å². The van der Waals surface area contributed by atoms with Crippen LogP contribution in [-0.4, -0.2) is 100 Å². The molecule has 4 fully saturated rings. The molecular formula is C42H43ClN8O5. The first-order valence-electron chi connectivity index (χ1n) is 19.6. The standard InChI is InChI=1S/C42H43ClN8O5/c1-25-20-42(24-50(25)29-3-5-34(44-2)33(43)19-29)11-15-47(16-12-42)30-4-6-35(45-21-30)41(56)48-13-9-28(10-14-48)49-22-26-17-31-32(18-27(26)23-49)40(55)51(39(31)54)36-7-8-37(52)46-38(36)53/h3-6,17-19,21,25,28,36H,7-16,20,22-24H2,1H3,(H,46,52,53)/t25-,36?/m0/s1. The van der Waals surface area contributed by atoms with Crippen LogP contribution >= 0.6 is 11.6 Å². The average Bonchev–Trinajstić information content (AvgIpc) is 3.84. The summed E-state index contributed by atoms with van der Waals surface area (Å²) in [6, 6.07) is 12.9. The number of imide groups is 2. The van der Waals surface area contributed by atoms with Crippen molar-refractivity contribution in [2.75, 3.05) is 42.5 Å². The van der Waals surface area contributed by atoms with E-state index in [9.17, 15) is 24.0 Å². The number of benzene rings is 2. The number of carbonyl (C=O) groups is 5. The van der Waals surface area contributed by atoms with E-state index < -0.39 is 29.7 Å². The van der Waals surface area contributed by atoms with Crippen molar-refractivity contribution in [3.8, 4) is 0 Å². The summed E-state index contributed by atoms with van der Waals surface area (Å²) in [6.07, 6.45) is 6.93. The van der Waals surface area contributed by atoms with E-state index in [4.69, 9.17) is 18.2 Å². The maximum Gasteiger partial charge on any atom is 0.272 e. The third kappa shape index (κ3) is 6.29. The molecule has 7 heterocycles. The number of halogens is 1. The fourth-order valence-electron chi connectivity index (χ4n) is 9.98. The maximum absolute atomic E-state index is 13.6. The minimum atomic E-state index is -0.978. The first-order valence-corrected chi connectivity index (χ1v) is 19.9. The van der Waals surface area contributed by atoms with Crippen LogP contribution in [0.3, 0.4) is 0 Å². The van der Waals surface area contributed by atoms with Gasteiger partial charge in [-0.05, 0) is 98.4 Å². The van der Waals surface area contributed by atoms with Crippen molar-refractivity contribution in [3.05, 3.63) is 93.0 Å². The van der Waals surface area contributed by atoms with Crippen molar-refractivity contribution in [3.63, 3.8) is 0 Å². The number of pyridine rings is 1. The number of rotatable bonds is 5. The molecule has 1 aromatic heterocycles. The number of amides is 5. The van der Waals surface area contributed by atoms with Crippen LogP contribution in [0.25, 0.3) is 4.85 Å². The van der Waals surface area contributed by atoms with E-state index in [2.05, 4.69) is 36.8 Å². The summed E-state index contributed by atoms with van der Waals surface area (Å²) in [5, 5.41) is 2.74. The molecule has 0 bridgehead atoms. The summed E-state index contributed by atoms with van der Waals surface area (Å²) in [6.45, 7) is 14.9. The Labute approximate surface area is 330 Å². The molecule has 1 N–H and O–H groups in total. The molecule has 3 aromatic rings. The Kier molecular flexibility index (Phi) is 9.09. The number of nitrogens with zero attached hydrogens (tertiary/aromatic N) is 7. The first kappa shape index (κ1) is 36.3. The molecule has 0 aliphatic carbocycles. The fraction of sp³-hybridized carbons (Fsp3) is 0.452. The van der Waals surface area contributed by atoms with Gasteiger partial charge >= 0.3 is 0 Å². The lowest BCUT2D eigenvalue weighted by Gasteiger charge is -2.40. The first-order chi connectivity index (χ1) is 27.0. The van der Waals surface area contributed by atoms with Gasteiger partial charge in [0.15, 0.2) is 0 Å². The van der Waals surface area contributed by atoms with Crippen LogP contribution in [0.5, 0.6) is 0 Å². The largest absolute Gasteiger partial charge is 0.370 e. The molecule has 2 atom stereocenters. The third-order valence-electron chi connectivity index (χ3n) is 13.1. The lowest BCUT2D eigenvalue weighted by molar-refractivity contribution is -0.136. The fourth-order valence-corrected chi connectivity index (χ4v) is 10.2. The number of fused-ring (bicyclic) bond motifs is 2. The Morgan fingerprint density at radius 3 is 2.20 bits per heavy atom. The van der Waals surface area contributed by atoms with E-state index in [1.54, 1.807) is 12.1 Å². The number of hydrogen-bond acceptors (Lipinski definition) is 9. The monoisotopic (exact) mass is 774 g/mol. The van der Waals surface area contributed by atoms with Crippen LogP contribution < -0.4 is 15.1 Å². The minimum absolute atomic E-state index is 0.0594. The molecule has 56 heavy (non-hydrogen) atoms. The predicted molar refractivity (Wildman–Crippen MR) is 209 cm³/mol. The Hall–Kier alpha value is -5.32. The molecule has 6 aliphatic heterocycles. The smallest absolute Gasteiger partial charge is 0.272 e. The highest BCUT2D eigenvalue weighted by Crippen LogP contribution is 2.46. The van der Waals surface area contributed by atoms with E-state index >= 15 is 0 Å². The van der Waals surface area contributed by atoms with Crippen LogP contribution in [0.1, 0.15) is 94.2 Å². The van der Waals surface area contributed by atoms with E-state index in [1.807, 2.05) is 41.4 Å². The molecule has 288 valence electrons. The van der Waals surface area contributed by atoms with Gasteiger partial charge in [-0.2, -0.15) is 0 Å². The molecule has 5 amide bonds. The van der Waals surface area contributed by atoms with E-state index in [-0.39, 0.29) is 30.2 Å². The highest BCUT2D eigenvalue weighted by Gasteiger charge is 2.46. The molecule has 1 spiro atoms. The predicted octanol–water partition coefficient (Wildman–Crippen LogP) is 5.19. The molecule has 0 radical (unpaired) electrons. The zero-order valence-electron chi connectivity index (χ0n) is 31.3. The molecule has 4 saturated heterocycles. The summed E-state index contributed by atoms with van der Waals surface area (Å²) in [7, 11) is 0. The van der Waals surface area contributed by atoms with Gasteiger partial charge in [-0.3, -0.25) is 39.1 Å². The van der Waals surface area contributed by atoms with Crippen molar-refractivity contribution < 1.29 is 24.0 Å². The summed E-state index contributed by atoms with van der Waals surface area (Å²) in [4.78, 5) is 82.5. The SMILES string of the molecule is [C-]#[N+]c1ccc(N2CC3(CCN(c4ccc(C(=O)N5CCC(N6Cc7cc8c(cc7C6)C(=O)N(C6CCC(=O)NC6=O)C8=O)CC5)nc4)CC3)C[C@@H]2C)cc1Cl. The Morgan fingerprint density at radius 1 is 0.911 bits per heavy atom. The normalized spacial score (nSPS) is 23.8. The molecule has 13 nitrogen and oxygen atoms in total. The molecule has 14 heteroatoms. The number of piperidine rings is 3. The van der Waals surface area contributed by atoms with Crippen LogP contribution in [-0.2, 0) is 22.7 Å². The van der Waals surface area contributed by atoms with Gasteiger partial charge in [0.05, 0.1) is 29.6 Å². The van der Waals surface area contributed by atoms with Crippen molar-refractivity contribution in [1.29, 1.82) is 0 Å². The number of nitrogens with one attached hydrogen (secondary N) is 1. The number of anilines is 2. The quantitative estimate of drug-likeness (QED) is 0.275. The number of likely N-dealkylation sites (tertiary alicyclic amines) is 1. The van der Waals surface area contributed by atoms with Gasteiger partial charge in [-0.15, -0.1) is 0 Å². The van der Waals surface area contributed by atoms with E-state index in [0.717, 1.165) is 79.1 Å². The van der Waals surface area contributed by atoms with Crippen molar-refractivity contribution in [2.24, 2.45) is 5.41 Å². The van der Waals surface area contributed by atoms with Crippen LogP contribution in [0, 0.1) is 12.0 Å². The molecule has 9 rings (SSSR count). The number of hydrogen-bond donors (Lipinski definition) is 1. The summed E-state index contributed by atoms with van der Waals surface area (Å²) < 4.78 is 0. The Bertz CT molecular complexity index is 2160. The number of aromatic nitrogens is 1.